The summed E-state index contributed by atoms with van der Waals surface area (Å²) in [5.41, 5.74) is 28.2. The highest BCUT2D eigenvalue weighted by molar-refractivity contribution is 6.12. The minimum atomic E-state index is 1.11. The van der Waals surface area contributed by atoms with E-state index in [1.165, 1.54) is 143 Å². The van der Waals surface area contributed by atoms with E-state index in [-0.39, 0.29) is 0 Å². The molecular weight excluding hydrogens is 1310 g/mol. The fourth-order valence-electron chi connectivity index (χ4n) is 15.8. The zero-order chi connectivity index (χ0) is 71.7. The molecule has 0 spiro atoms. The van der Waals surface area contributed by atoms with Crippen LogP contribution in [0.5, 0.6) is 0 Å². The summed E-state index contributed by atoms with van der Waals surface area (Å²) in [5.74, 6) is 0. The van der Waals surface area contributed by atoms with Crippen molar-refractivity contribution in [1.29, 1.82) is 0 Å². The lowest BCUT2D eigenvalue weighted by atomic mass is 9.97. The van der Waals surface area contributed by atoms with Crippen LogP contribution in [0.4, 0.5) is 34.1 Å². The Morgan fingerprint density at radius 3 is 0.833 bits per heavy atom. The molecule has 2 heterocycles. The predicted molar refractivity (Wildman–Crippen MR) is 459 cm³/mol. The van der Waals surface area contributed by atoms with Gasteiger partial charge in [0.15, 0.2) is 0 Å². The first-order chi connectivity index (χ1) is 53.5. The SMILES string of the molecule is c1ccc(N(c2ccc(-c3ccc4ccccc4c3)cc2)c2cccc(-c3ccc(-c4ccc5c(c4)c4ccccc4n5-c4ccccc4)cc3)c2)cc1.c1ccc(N(c2ccc(-c3ccc4ccccc4c3)cc2)c2cccc(-c3cccc(-c4ccc5c(c4)c4ccccc4n5-c4ccccc4)c3)c2)cc1. The van der Waals surface area contributed by atoms with Crippen molar-refractivity contribution in [3.8, 4) is 78.1 Å². The fraction of sp³-hybridized carbons (Fsp3) is 0. The summed E-state index contributed by atoms with van der Waals surface area (Å²) in [4.78, 5) is 4.68. The standard InChI is InChI=1S/2C52H36N2/c1-3-18-45(19-4-1)53(47-30-27-38(28-31-47)43-26-25-37-13-7-8-14-39(37)33-43)48-22-12-17-42(35-48)40-15-11-16-41(34-40)44-29-32-52-50(36-44)49-23-9-10-24-51(49)54(52)46-20-5-2-6-21-46;1-3-15-45(16-4-1)53(47-31-28-40(29-32-47)43-27-26-37-12-7-8-13-41(37)34-43)48-19-11-14-42(35-48)38-22-24-39(25-23-38)44-30-33-52-50(36-44)49-20-9-10-21-51(49)54(52)46-17-5-2-6-18-46/h2*1-36H. The van der Waals surface area contributed by atoms with Gasteiger partial charge in [0.05, 0.1) is 22.1 Å². The summed E-state index contributed by atoms with van der Waals surface area (Å²) in [6.07, 6.45) is 0. The zero-order valence-electron chi connectivity index (χ0n) is 59.4. The average Bonchev–Trinajstić information content (AvgIpc) is 1.59. The maximum absolute atomic E-state index is 2.37. The Morgan fingerprint density at radius 2 is 0.407 bits per heavy atom. The molecule has 4 nitrogen and oxygen atoms in total. The highest BCUT2D eigenvalue weighted by Gasteiger charge is 2.20. The summed E-state index contributed by atoms with van der Waals surface area (Å²) in [7, 11) is 0. The van der Waals surface area contributed by atoms with Crippen molar-refractivity contribution >= 4 is 99.3 Å². The first-order valence-electron chi connectivity index (χ1n) is 37.0. The van der Waals surface area contributed by atoms with E-state index in [0.717, 1.165) is 34.1 Å². The summed E-state index contributed by atoms with van der Waals surface area (Å²) in [5, 5.41) is 10.1. The average molecular weight is 1380 g/mol. The topological polar surface area (TPSA) is 16.3 Å². The number of anilines is 6. The van der Waals surface area contributed by atoms with Gasteiger partial charge in [0, 0.05) is 67.0 Å². The van der Waals surface area contributed by atoms with Crippen LogP contribution >= 0.6 is 0 Å². The summed E-state index contributed by atoms with van der Waals surface area (Å²) in [6.45, 7) is 0. The first-order valence-corrected chi connectivity index (χ1v) is 37.0. The molecule has 0 amide bonds. The predicted octanol–water partition coefficient (Wildman–Crippen LogP) is 28.8. The minimum Gasteiger partial charge on any atom is -0.310 e. The highest BCUT2D eigenvalue weighted by atomic mass is 15.1. The fourth-order valence-corrected chi connectivity index (χ4v) is 15.8. The number of aromatic nitrogens is 2. The molecule has 18 aromatic carbocycles. The van der Waals surface area contributed by atoms with E-state index in [9.17, 15) is 0 Å². The number of fused-ring (bicyclic) bond motifs is 8. The van der Waals surface area contributed by atoms with E-state index in [1.54, 1.807) is 0 Å². The number of para-hydroxylation sites is 6. The lowest BCUT2D eigenvalue weighted by Gasteiger charge is -2.26. The molecule has 4 heteroatoms. The Morgan fingerprint density at radius 1 is 0.139 bits per heavy atom. The van der Waals surface area contributed by atoms with Gasteiger partial charge in [0.25, 0.3) is 0 Å². The molecule has 20 rings (SSSR count). The van der Waals surface area contributed by atoms with Crippen molar-refractivity contribution in [2.24, 2.45) is 0 Å². The molecule has 0 atom stereocenters. The summed E-state index contributed by atoms with van der Waals surface area (Å²) < 4.78 is 4.73. The van der Waals surface area contributed by atoms with Gasteiger partial charge in [-0.1, -0.05) is 285 Å². The highest BCUT2D eigenvalue weighted by Crippen LogP contribution is 2.43. The van der Waals surface area contributed by atoms with Crippen molar-refractivity contribution in [3.05, 3.63) is 437 Å². The maximum atomic E-state index is 2.37. The largest absolute Gasteiger partial charge is 0.310 e. The molecule has 108 heavy (non-hydrogen) atoms. The van der Waals surface area contributed by atoms with Gasteiger partial charge in [0.2, 0.25) is 0 Å². The molecule has 0 aliphatic carbocycles. The maximum Gasteiger partial charge on any atom is 0.0541 e. The summed E-state index contributed by atoms with van der Waals surface area (Å²) in [6, 6.07) is 158. The van der Waals surface area contributed by atoms with Crippen LogP contribution in [0, 0.1) is 0 Å². The van der Waals surface area contributed by atoms with Gasteiger partial charge in [-0.3, -0.25) is 0 Å². The Hall–Kier alpha value is -14.3. The molecule has 0 N–H and O–H groups in total. The lowest BCUT2D eigenvalue weighted by Crippen LogP contribution is -2.09. The van der Waals surface area contributed by atoms with E-state index in [0.29, 0.717) is 0 Å². The van der Waals surface area contributed by atoms with Crippen molar-refractivity contribution in [1.82, 2.24) is 9.13 Å². The third-order valence-electron chi connectivity index (χ3n) is 21.1. The molecule has 0 saturated carbocycles. The van der Waals surface area contributed by atoms with Crippen LogP contribution in [0.2, 0.25) is 0 Å². The Balaban J connectivity index is 0.000000147. The van der Waals surface area contributed by atoms with Gasteiger partial charge in [0.1, 0.15) is 0 Å². The van der Waals surface area contributed by atoms with Crippen molar-refractivity contribution in [3.63, 3.8) is 0 Å². The van der Waals surface area contributed by atoms with Crippen molar-refractivity contribution in [2.75, 3.05) is 9.80 Å². The molecule has 0 aliphatic heterocycles. The first kappa shape index (κ1) is 64.5. The third kappa shape index (κ3) is 12.5. The Kier molecular flexibility index (Phi) is 17.0. The number of hydrogen-bond acceptors (Lipinski definition) is 2. The number of benzene rings is 18. The van der Waals surface area contributed by atoms with Gasteiger partial charge in [-0.05, 0) is 240 Å². The lowest BCUT2D eigenvalue weighted by molar-refractivity contribution is 1.18. The molecule has 508 valence electrons. The number of nitrogens with zero attached hydrogens (tertiary/aromatic N) is 4. The van der Waals surface area contributed by atoms with Crippen LogP contribution in [0.3, 0.4) is 0 Å². The van der Waals surface area contributed by atoms with E-state index < -0.39 is 0 Å². The second-order valence-corrected chi connectivity index (χ2v) is 27.7. The van der Waals surface area contributed by atoms with Crippen molar-refractivity contribution in [2.45, 2.75) is 0 Å². The van der Waals surface area contributed by atoms with Gasteiger partial charge in [-0.2, -0.15) is 0 Å². The van der Waals surface area contributed by atoms with E-state index >= 15 is 0 Å². The number of hydrogen-bond donors (Lipinski definition) is 0. The van der Waals surface area contributed by atoms with Crippen LogP contribution in [-0.2, 0) is 0 Å². The molecule has 2 aromatic heterocycles. The van der Waals surface area contributed by atoms with E-state index in [4.69, 9.17) is 0 Å². The van der Waals surface area contributed by atoms with Crippen LogP contribution in [-0.4, -0.2) is 9.13 Å². The van der Waals surface area contributed by atoms with Gasteiger partial charge < -0.3 is 18.9 Å². The van der Waals surface area contributed by atoms with Gasteiger partial charge in [-0.25, -0.2) is 0 Å². The number of rotatable bonds is 14. The normalized spacial score (nSPS) is 11.3. The molecule has 0 radical (unpaired) electrons. The molecule has 0 bridgehead atoms. The molecule has 0 unspecified atom stereocenters. The quantitative estimate of drug-likeness (QED) is 0.108. The van der Waals surface area contributed by atoms with Crippen LogP contribution in [0.1, 0.15) is 0 Å². The molecular formula is C104H72N4. The smallest absolute Gasteiger partial charge is 0.0541 e. The molecule has 20 aromatic rings. The zero-order valence-corrected chi connectivity index (χ0v) is 59.4. The monoisotopic (exact) mass is 1380 g/mol. The van der Waals surface area contributed by atoms with Crippen LogP contribution in [0.15, 0.2) is 437 Å². The van der Waals surface area contributed by atoms with Gasteiger partial charge in [-0.15, -0.1) is 0 Å². The second kappa shape index (κ2) is 28.4. The van der Waals surface area contributed by atoms with Crippen molar-refractivity contribution < 1.29 is 0 Å². The van der Waals surface area contributed by atoms with E-state index in [2.05, 4.69) is 456 Å². The third-order valence-corrected chi connectivity index (χ3v) is 21.1. The molecule has 0 fully saturated rings. The second-order valence-electron chi connectivity index (χ2n) is 27.7. The van der Waals surface area contributed by atoms with Gasteiger partial charge >= 0.3 is 0 Å². The summed E-state index contributed by atoms with van der Waals surface area (Å²) >= 11 is 0. The Labute approximate surface area is 629 Å². The molecule has 0 saturated heterocycles. The van der Waals surface area contributed by atoms with Crippen LogP contribution in [0.25, 0.3) is 143 Å². The Bertz CT molecular complexity index is 6640. The van der Waals surface area contributed by atoms with Crippen LogP contribution < -0.4 is 9.80 Å². The minimum absolute atomic E-state index is 1.11. The molecule has 0 aliphatic rings. The van der Waals surface area contributed by atoms with E-state index in [1.807, 2.05) is 0 Å².